The fourth-order valence-corrected chi connectivity index (χ4v) is 1.71. The van der Waals surface area contributed by atoms with Crippen molar-refractivity contribution in [3.63, 3.8) is 0 Å². The Bertz CT molecular complexity index is 639. The Kier molecular flexibility index (Phi) is 4.66. The number of carbonyl (C=O) groups excluding carboxylic acids is 2. The van der Waals surface area contributed by atoms with Gasteiger partial charge in [0.1, 0.15) is 0 Å². The van der Waals surface area contributed by atoms with Crippen molar-refractivity contribution < 1.29 is 14.3 Å². The summed E-state index contributed by atoms with van der Waals surface area (Å²) in [6.45, 7) is 3.57. The smallest absolute Gasteiger partial charge is 0.338 e. The van der Waals surface area contributed by atoms with E-state index in [4.69, 9.17) is 4.74 Å². The molecule has 0 saturated heterocycles. The number of ether oxygens (including phenoxy) is 1. The molecule has 108 valence electrons. The Morgan fingerprint density at radius 2 is 1.90 bits per heavy atom. The van der Waals surface area contributed by atoms with E-state index in [-0.39, 0.29) is 12.0 Å². The summed E-state index contributed by atoms with van der Waals surface area (Å²) in [5, 5.41) is 2.72. The van der Waals surface area contributed by atoms with Crippen LogP contribution in [0.1, 0.15) is 34.6 Å². The van der Waals surface area contributed by atoms with Gasteiger partial charge < -0.3 is 10.1 Å². The molecule has 0 spiro atoms. The lowest BCUT2D eigenvalue weighted by Gasteiger charge is -2.09. The standard InChI is InChI=1S/C16H16N2O3/c1-11(2)21-16(20)12-5-3-7-14(9-12)18-15(19)13-6-4-8-17-10-13/h3-11H,1-2H3,(H,18,19). The molecule has 0 atom stereocenters. The predicted molar refractivity (Wildman–Crippen MR) is 79.2 cm³/mol. The molecule has 2 rings (SSSR count). The largest absolute Gasteiger partial charge is 0.459 e. The highest BCUT2D eigenvalue weighted by molar-refractivity contribution is 6.04. The highest BCUT2D eigenvalue weighted by Gasteiger charge is 2.11. The SMILES string of the molecule is CC(C)OC(=O)c1cccc(NC(=O)c2cccnc2)c1. The lowest BCUT2D eigenvalue weighted by molar-refractivity contribution is 0.0378. The zero-order valence-corrected chi connectivity index (χ0v) is 11.9. The van der Waals surface area contributed by atoms with E-state index in [1.807, 2.05) is 0 Å². The number of rotatable bonds is 4. The molecule has 0 saturated carbocycles. The van der Waals surface area contributed by atoms with Crippen molar-refractivity contribution >= 4 is 17.6 Å². The van der Waals surface area contributed by atoms with Gasteiger partial charge in [0.2, 0.25) is 0 Å². The molecule has 5 nitrogen and oxygen atoms in total. The van der Waals surface area contributed by atoms with Crippen LogP contribution in [0.4, 0.5) is 5.69 Å². The number of hydrogen-bond acceptors (Lipinski definition) is 4. The van der Waals surface area contributed by atoms with E-state index in [2.05, 4.69) is 10.3 Å². The Balaban J connectivity index is 2.11. The zero-order valence-electron chi connectivity index (χ0n) is 11.9. The van der Waals surface area contributed by atoms with Crippen LogP contribution in [-0.4, -0.2) is 23.0 Å². The van der Waals surface area contributed by atoms with Crippen LogP contribution in [0.25, 0.3) is 0 Å². The maximum Gasteiger partial charge on any atom is 0.338 e. The van der Waals surface area contributed by atoms with Crippen LogP contribution < -0.4 is 5.32 Å². The number of nitrogens with zero attached hydrogens (tertiary/aromatic N) is 1. The second kappa shape index (κ2) is 6.65. The number of esters is 1. The van der Waals surface area contributed by atoms with Crippen molar-refractivity contribution in [2.24, 2.45) is 0 Å². The van der Waals surface area contributed by atoms with E-state index in [1.165, 1.54) is 6.20 Å². The number of aromatic nitrogens is 1. The first-order chi connectivity index (χ1) is 10.1. The third-order valence-electron chi connectivity index (χ3n) is 2.62. The minimum Gasteiger partial charge on any atom is -0.459 e. The van der Waals surface area contributed by atoms with Gasteiger partial charge in [-0.15, -0.1) is 0 Å². The summed E-state index contributed by atoms with van der Waals surface area (Å²) < 4.78 is 5.12. The number of hydrogen-bond donors (Lipinski definition) is 1. The molecule has 1 amide bonds. The number of pyridine rings is 1. The summed E-state index contributed by atoms with van der Waals surface area (Å²) in [6, 6.07) is 9.98. The van der Waals surface area contributed by atoms with Crippen LogP contribution in [0, 0.1) is 0 Å². The van der Waals surface area contributed by atoms with Crippen LogP contribution >= 0.6 is 0 Å². The molecule has 1 aromatic heterocycles. The number of anilines is 1. The lowest BCUT2D eigenvalue weighted by Crippen LogP contribution is -2.14. The molecular weight excluding hydrogens is 268 g/mol. The molecule has 1 N–H and O–H groups in total. The maximum absolute atomic E-state index is 12.0. The third-order valence-corrected chi connectivity index (χ3v) is 2.62. The fourth-order valence-electron chi connectivity index (χ4n) is 1.71. The number of nitrogens with one attached hydrogen (secondary N) is 1. The number of carbonyl (C=O) groups is 2. The number of amides is 1. The van der Waals surface area contributed by atoms with Gasteiger partial charge in [0.05, 0.1) is 17.2 Å². The van der Waals surface area contributed by atoms with Gasteiger partial charge in [-0.2, -0.15) is 0 Å². The van der Waals surface area contributed by atoms with Gasteiger partial charge in [0.15, 0.2) is 0 Å². The van der Waals surface area contributed by atoms with Crippen molar-refractivity contribution in [1.29, 1.82) is 0 Å². The fraction of sp³-hybridized carbons (Fsp3) is 0.188. The highest BCUT2D eigenvalue weighted by Crippen LogP contribution is 2.13. The van der Waals surface area contributed by atoms with Gasteiger partial charge in [-0.1, -0.05) is 6.07 Å². The van der Waals surface area contributed by atoms with E-state index in [1.54, 1.807) is 56.4 Å². The minimum atomic E-state index is -0.414. The van der Waals surface area contributed by atoms with E-state index in [9.17, 15) is 9.59 Å². The third kappa shape index (κ3) is 4.14. The van der Waals surface area contributed by atoms with Crippen molar-refractivity contribution in [1.82, 2.24) is 4.98 Å². The Labute approximate surface area is 123 Å². The summed E-state index contributed by atoms with van der Waals surface area (Å²) >= 11 is 0. The molecule has 21 heavy (non-hydrogen) atoms. The van der Waals surface area contributed by atoms with Gasteiger partial charge in [-0.25, -0.2) is 4.79 Å². The van der Waals surface area contributed by atoms with Crippen LogP contribution in [0.3, 0.4) is 0 Å². The molecule has 1 heterocycles. The molecule has 0 fully saturated rings. The molecule has 1 aromatic carbocycles. The predicted octanol–water partition coefficient (Wildman–Crippen LogP) is 2.90. The van der Waals surface area contributed by atoms with Crippen molar-refractivity contribution in [2.45, 2.75) is 20.0 Å². The molecule has 0 aliphatic carbocycles. The van der Waals surface area contributed by atoms with Gasteiger partial charge in [-0.3, -0.25) is 9.78 Å². The van der Waals surface area contributed by atoms with Gasteiger partial charge in [0.25, 0.3) is 5.91 Å². The lowest BCUT2D eigenvalue weighted by atomic mass is 10.2. The van der Waals surface area contributed by atoms with E-state index < -0.39 is 5.97 Å². The van der Waals surface area contributed by atoms with E-state index in [0.29, 0.717) is 16.8 Å². The van der Waals surface area contributed by atoms with Gasteiger partial charge in [0, 0.05) is 18.1 Å². The average Bonchev–Trinajstić information content (AvgIpc) is 2.47. The summed E-state index contributed by atoms with van der Waals surface area (Å²) in [7, 11) is 0. The molecular formula is C16H16N2O3. The molecule has 5 heteroatoms. The van der Waals surface area contributed by atoms with Crippen LogP contribution in [0.15, 0.2) is 48.8 Å². The molecule has 0 aliphatic heterocycles. The van der Waals surface area contributed by atoms with E-state index in [0.717, 1.165) is 0 Å². The first-order valence-corrected chi connectivity index (χ1v) is 6.58. The Morgan fingerprint density at radius 3 is 2.57 bits per heavy atom. The van der Waals surface area contributed by atoms with Crippen LogP contribution in [-0.2, 0) is 4.74 Å². The monoisotopic (exact) mass is 284 g/mol. The Morgan fingerprint density at radius 1 is 1.14 bits per heavy atom. The molecule has 0 radical (unpaired) electrons. The molecule has 2 aromatic rings. The second-order valence-corrected chi connectivity index (χ2v) is 4.73. The topological polar surface area (TPSA) is 68.3 Å². The minimum absolute atomic E-state index is 0.189. The second-order valence-electron chi connectivity index (χ2n) is 4.73. The van der Waals surface area contributed by atoms with Crippen LogP contribution in [0.5, 0.6) is 0 Å². The summed E-state index contributed by atoms with van der Waals surface area (Å²) in [4.78, 5) is 27.7. The maximum atomic E-state index is 12.0. The van der Waals surface area contributed by atoms with Crippen LogP contribution in [0.2, 0.25) is 0 Å². The van der Waals surface area contributed by atoms with Gasteiger partial charge >= 0.3 is 5.97 Å². The van der Waals surface area contributed by atoms with Crippen molar-refractivity contribution in [3.05, 3.63) is 59.9 Å². The molecule has 0 aliphatic rings. The summed E-state index contributed by atoms with van der Waals surface area (Å²) in [5.41, 5.74) is 1.38. The summed E-state index contributed by atoms with van der Waals surface area (Å²) in [5.74, 6) is -0.694. The van der Waals surface area contributed by atoms with Crippen molar-refractivity contribution in [3.8, 4) is 0 Å². The highest BCUT2D eigenvalue weighted by atomic mass is 16.5. The number of benzene rings is 1. The molecule has 0 bridgehead atoms. The molecule has 0 unspecified atom stereocenters. The van der Waals surface area contributed by atoms with Crippen molar-refractivity contribution in [2.75, 3.05) is 5.32 Å². The first-order valence-electron chi connectivity index (χ1n) is 6.58. The zero-order chi connectivity index (χ0) is 15.2. The first kappa shape index (κ1) is 14.7. The van der Waals surface area contributed by atoms with E-state index >= 15 is 0 Å². The average molecular weight is 284 g/mol. The Hall–Kier alpha value is -2.69. The summed E-state index contributed by atoms with van der Waals surface area (Å²) in [6.07, 6.45) is 2.89. The van der Waals surface area contributed by atoms with Gasteiger partial charge in [-0.05, 0) is 44.2 Å². The normalized spacial score (nSPS) is 10.2. The quantitative estimate of drug-likeness (QED) is 0.876.